The van der Waals surface area contributed by atoms with E-state index in [1.54, 1.807) is 36.2 Å². The summed E-state index contributed by atoms with van der Waals surface area (Å²) in [5.74, 6) is 0.448. The second kappa shape index (κ2) is 6.16. The highest BCUT2D eigenvalue weighted by atomic mass is 32.1. The van der Waals surface area contributed by atoms with E-state index in [2.05, 4.69) is 4.98 Å². The minimum absolute atomic E-state index is 0.0324. The number of rotatable bonds is 3. The van der Waals surface area contributed by atoms with E-state index in [-0.39, 0.29) is 17.9 Å². The second-order valence-corrected chi connectivity index (χ2v) is 6.99. The van der Waals surface area contributed by atoms with Gasteiger partial charge in [0.05, 0.1) is 6.26 Å². The van der Waals surface area contributed by atoms with Gasteiger partial charge >= 0.3 is 0 Å². The van der Waals surface area contributed by atoms with Crippen molar-refractivity contribution >= 4 is 23.2 Å². The fourth-order valence-electron chi connectivity index (χ4n) is 2.80. The van der Waals surface area contributed by atoms with Crippen molar-refractivity contribution in [2.45, 2.75) is 25.8 Å². The zero-order valence-electron chi connectivity index (χ0n) is 13.4. The van der Waals surface area contributed by atoms with E-state index < -0.39 is 0 Å². The molecule has 122 valence electrons. The molecule has 1 aliphatic heterocycles. The highest BCUT2D eigenvalue weighted by Crippen LogP contribution is 2.30. The molecule has 1 saturated heterocycles. The Morgan fingerprint density at radius 3 is 2.87 bits per heavy atom. The molecule has 6 nitrogen and oxygen atoms in total. The van der Waals surface area contributed by atoms with Crippen molar-refractivity contribution in [3.8, 4) is 10.8 Å². The van der Waals surface area contributed by atoms with Gasteiger partial charge in [0.1, 0.15) is 11.7 Å². The number of likely N-dealkylation sites (N-methyl/N-ethyl adjacent to an activating group) is 1. The first-order valence-electron chi connectivity index (χ1n) is 7.52. The van der Waals surface area contributed by atoms with Gasteiger partial charge in [-0.3, -0.25) is 9.59 Å². The molecule has 0 bridgehead atoms. The highest BCUT2D eigenvalue weighted by Gasteiger charge is 2.36. The molecule has 23 heavy (non-hydrogen) atoms. The lowest BCUT2D eigenvalue weighted by Crippen LogP contribution is -2.45. The van der Waals surface area contributed by atoms with Crippen LogP contribution in [0.4, 0.5) is 0 Å². The molecule has 0 aromatic carbocycles. The van der Waals surface area contributed by atoms with E-state index in [0.717, 1.165) is 11.3 Å². The largest absolute Gasteiger partial charge is 0.462 e. The average molecular weight is 333 g/mol. The summed E-state index contributed by atoms with van der Waals surface area (Å²) < 4.78 is 5.35. The van der Waals surface area contributed by atoms with Crippen LogP contribution in [0.15, 0.2) is 22.8 Å². The molecule has 1 fully saturated rings. The van der Waals surface area contributed by atoms with Gasteiger partial charge in [0.25, 0.3) is 5.91 Å². The van der Waals surface area contributed by atoms with Gasteiger partial charge in [-0.1, -0.05) is 0 Å². The van der Waals surface area contributed by atoms with Crippen LogP contribution in [0.1, 0.15) is 28.2 Å². The van der Waals surface area contributed by atoms with Gasteiger partial charge in [0.2, 0.25) is 5.91 Å². The van der Waals surface area contributed by atoms with Crippen molar-refractivity contribution in [3.05, 3.63) is 29.0 Å². The lowest BCUT2D eigenvalue weighted by Gasteiger charge is -2.25. The lowest BCUT2D eigenvalue weighted by atomic mass is 10.2. The van der Waals surface area contributed by atoms with Crippen molar-refractivity contribution in [2.24, 2.45) is 0 Å². The van der Waals surface area contributed by atoms with Crippen LogP contribution in [0.2, 0.25) is 0 Å². The Morgan fingerprint density at radius 1 is 1.43 bits per heavy atom. The fraction of sp³-hybridized carbons (Fsp3) is 0.438. The maximum atomic E-state index is 12.9. The summed E-state index contributed by atoms with van der Waals surface area (Å²) in [6.45, 7) is 2.46. The molecule has 3 heterocycles. The summed E-state index contributed by atoms with van der Waals surface area (Å²) >= 11 is 1.43. The fourth-order valence-corrected chi connectivity index (χ4v) is 3.67. The standard InChI is InChI=1S/C16H19N3O3S/c1-10-13(17-14(23-10)12-7-5-9-22-12)16(21)19-8-4-6-11(19)15(20)18(2)3/h5,7,9,11H,4,6,8H2,1-3H3. The molecule has 1 aliphatic rings. The second-order valence-electron chi connectivity index (χ2n) is 5.79. The predicted octanol–water partition coefficient (Wildman–Crippen LogP) is 2.40. The van der Waals surface area contributed by atoms with Crippen molar-refractivity contribution in [3.63, 3.8) is 0 Å². The number of amides is 2. The van der Waals surface area contributed by atoms with Crippen molar-refractivity contribution in [2.75, 3.05) is 20.6 Å². The molecule has 2 aromatic rings. The number of nitrogens with zero attached hydrogens (tertiary/aromatic N) is 3. The monoisotopic (exact) mass is 333 g/mol. The lowest BCUT2D eigenvalue weighted by molar-refractivity contribution is -0.132. The van der Waals surface area contributed by atoms with Gasteiger partial charge in [-0.25, -0.2) is 4.98 Å². The topological polar surface area (TPSA) is 66.7 Å². The quantitative estimate of drug-likeness (QED) is 0.865. The van der Waals surface area contributed by atoms with E-state index in [0.29, 0.717) is 29.4 Å². The van der Waals surface area contributed by atoms with Crippen LogP contribution in [0.25, 0.3) is 10.8 Å². The summed E-state index contributed by atoms with van der Waals surface area (Å²) in [6, 6.07) is 3.23. The first-order chi connectivity index (χ1) is 11.0. The van der Waals surface area contributed by atoms with Gasteiger partial charge in [0.15, 0.2) is 10.8 Å². The number of carbonyl (C=O) groups excluding carboxylic acids is 2. The molecular formula is C16H19N3O3S. The number of thiazole rings is 1. The minimum Gasteiger partial charge on any atom is -0.462 e. The summed E-state index contributed by atoms with van der Waals surface area (Å²) in [6.07, 6.45) is 3.13. The third-order valence-corrected chi connectivity index (χ3v) is 4.96. The SMILES string of the molecule is Cc1sc(-c2ccco2)nc1C(=O)N1CCCC1C(=O)N(C)C. The molecule has 0 spiro atoms. The van der Waals surface area contributed by atoms with Crippen molar-refractivity contribution in [1.82, 2.24) is 14.8 Å². The Labute approximate surface area is 138 Å². The van der Waals surface area contributed by atoms with Gasteiger partial charge in [-0.15, -0.1) is 11.3 Å². The molecule has 0 saturated carbocycles. The smallest absolute Gasteiger partial charge is 0.274 e. The Kier molecular flexibility index (Phi) is 4.21. The Balaban J connectivity index is 1.87. The van der Waals surface area contributed by atoms with E-state index in [1.807, 2.05) is 13.0 Å². The van der Waals surface area contributed by atoms with Crippen LogP contribution in [0.5, 0.6) is 0 Å². The van der Waals surface area contributed by atoms with E-state index in [4.69, 9.17) is 4.42 Å². The molecule has 7 heteroatoms. The Bertz CT molecular complexity index is 721. The van der Waals surface area contributed by atoms with Crippen LogP contribution in [0.3, 0.4) is 0 Å². The zero-order valence-corrected chi connectivity index (χ0v) is 14.2. The van der Waals surface area contributed by atoms with Gasteiger partial charge in [-0.2, -0.15) is 0 Å². The molecule has 0 N–H and O–H groups in total. The van der Waals surface area contributed by atoms with Crippen molar-refractivity contribution < 1.29 is 14.0 Å². The molecular weight excluding hydrogens is 314 g/mol. The van der Waals surface area contributed by atoms with Gasteiger partial charge in [-0.05, 0) is 31.9 Å². The van der Waals surface area contributed by atoms with Crippen molar-refractivity contribution in [1.29, 1.82) is 0 Å². The number of hydrogen-bond acceptors (Lipinski definition) is 5. The summed E-state index contributed by atoms with van der Waals surface area (Å²) in [7, 11) is 3.43. The van der Waals surface area contributed by atoms with E-state index in [1.165, 1.54) is 11.3 Å². The number of aromatic nitrogens is 1. The Hall–Kier alpha value is -2.15. The number of carbonyl (C=O) groups is 2. The summed E-state index contributed by atoms with van der Waals surface area (Å²) in [5, 5.41) is 0.686. The van der Waals surface area contributed by atoms with Gasteiger partial charge in [0, 0.05) is 25.5 Å². The maximum Gasteiger partial charge on any atom is 0.274 e. The highest BCUT2D eigenvalue weighted by molar-refractivity contribution is 7.15. The van der Waals surface area contributed by atoms with Crippen LogP contribution in [-0.4, -0.2) is 53.3 Å². The third kappa shape index (κ3) is 2.88. The van der Waals surface area contributed by atoms with Gasteiger partial charge < -0.3 is 14.2 Å². The summed E-state index contributed by atoms with van der Waals surface area (Å²) in [4.78, 5) is 33.6. The molecule has 1 unspecified atom stereocenters. The van der Waals surface area contributed by atoms with Crippen LogP contribution in [-0.2, 0) is 4.79 Å². The number of aryl methyl sites for hydroxylation is 1. The molecule has 1 atom stereocenters. The number of likely N-dealkylation sites (tertiary alicyclic amines) is 1. The predicted molar refractivity (Wildman–Crippen MR) is 87.3 cm³/mol. The normalized spacial score (nSPS) is 17.5. The zero-order chi connectivity index (χ0) is 16.6. The van der Waals surface area contributed by atoms with Crippen LogP contribution in [0, 0.1) is 6.92 Å². The molecule has 0 aliphatic carbocycles. The van der Waals surface area contributed by atoms with E-state index in [9.17, 15) is 9.59 Å². The number of furan rings is 1. The average Bonchev–Trinajstić information content (AvgIpc) is 3.25. The molecule has 0 radical (unpaired) electrons. The molecule has 2 amide bonds. The third-order valence-electron chi connectivity index (χ3n) is 3.97. The van der Waals surface area contributed by atoms with Crippen LogP contribution < -0.4 is 0 Å². The molecule has 2 aromatic heterocycles. The Morgan fingerprint density at radius 2 is 2.22 bits per heavy atom. The van der Waals surface area contributed by atoms with Crippen LogP contribution >= 0.6 is 11.3 Å². The van der Waals surface area contributed by atoms with E-state index >= 15 is 0 Å². The minimum atomic E-state index is -0.384. The molecule has 3 rings (SSSR count). The first-order valence-corrected chi connectivity index (χ1v) is 8.34. The maximum absolute atomic E-state index is 12.9. The summed E-state index contributed by atoms with van der Waals surface area (Å²) in [5.41, 5.74) is 0.417. The first kappa shape index (κ1) is 15.7. The number of hydrogen-bond donors (Lipinski definition) is 0.